The lowest BCUT2D eigenvalue weighted by Crippen LogP contribution is -2.43. The number of nitrogens with zero attached hydrogens (tertiary/aromatic N) is 1. The fourth-order valence-electron chi connectivity index (χ4n) is 3.82. The number of rotatable bonds is 8. The Morgan fingerprint density at radius 1 is 1.03 bits per heavy atom. The molecule has 0 aromatic heterocycles. The van der Waals surface area contributed by atoms with Crippen molar-refractivity contribution in [1.82, 2.24) is 4.90 Å². The summed E-state index contributed by atoms with van der Waals surface area (Å²) >= 11 is 0. The van der Waals surface area contributed by atoms with Crippen LogP contribution in [0.15, 0.2) is 36.4 Å². The number of hydrogen-bond donors (Lipinski definition) is 0. The molecule has 2 aromatic rings. The monoisotopic (exact) mass is 441 g/mol. The molecule has 0 unspecified atom stereocenters. The summed E-state index contributed by atoms with van der Waals surface area (Å²) < 4.78 is 21.3. The van der Waals surface area contributed by atoms with Crippen molar-refractivity contribution in [3.63, 3.8) is 0 Å². The van der Waals surface area contributed by atoms with Crippen molar-refractivity contribution in [2.45, 2.75) is 25.8 Å². The highest BCUT2D eigenvalue weighted by atomic mass is 16.5. The first-order valence-corrected chi connectivity index (χ1v) is 10.2. The van der Waals surface area contributed by atoms with E-state index in [0.29, 0.717) is 35.8 Å². The van der Waals surface area contributed by atoms with E-state index in [4.69, 9.17) is 18.9 Å². The number of carbonyl (C=O) groups excluding carboxylic acids is 3. The molecule has 0 fully saturated rings. The Labute approximate surface area is 187 Å². The van der Waals surface area contributed by atoms with Gasteiger partial charge in [0.15, 0.2) is 23.9 Å². The van der Waals surface area contributed by atoms with E-state index in [1.54, 1.807) is 42.3 Å². The summed E-state index contributed by atoms with van der Waals surface area (Å²) in [4.78, 5) is 38.4. The largest absolute Gasteiger partial charge is 0.493 e. The van der Waals surface area contributed by atoms with Crippen LogP contribution in [0.2, 0.25) is 0 Å². The lowest BCUT2D eigenvalue weighted by atomic mass is 9.90. The topological polar surface area (TPSA) is 91.4 Å². The Bertz CT molecular complexity index is 1020. The smallest absolute Gasteiger partial charge is 0.307 e. The third kappa shape index (κ3) is 5.01. The molecule has 170 valence electrons. The zero-order chi connectivity index (χ0) is 23.3. The number of esters is 1. The van der Waals surface area contributed by atoms with Crippen molar-refractivity contribution in [2.24, 2.45) is 0 Å². The van der Waals surface area contributed by atoms with Gasteiger partial charge in [-0.05, 0) is 48.7 Å². The van der Waals surface area contributed by atoms with Crippen LogP contribution in [-0.2, 0) is 20.7 Å². The van der Waals surface area contributed by atoms with Crippen LogP contribution in [-0.4, -0.2) is 57.0 Å². The van der Waals surface area contributed by atoms with Gasteiger partial charge in [-0.1, -0.05) is 12.1 Å². The Morgan fingerprint density at radius 3 is 2.41 bits per heavy atom. The average molecular weight is 441 g/mol. The molecule has 0 saturated carbocycles. The first kappa shape index (κ1) is 23.1. The first-order chi connectivity index (χ1) is 15.4. The van der Waals surface area contributed by atoms with Crippen molar-refractivity contribution >= 4 is 17.7 Å². The van der Waals surface area contributed by atoms with Gasteiger partial charge in [-0.2, -0.15) is 0 Å². The molecule has 8 heteroatoms. The zero-order valence-corrected chi connectivity index (χ0v) is 18.7. The molecule has 0 saturated heterocycles. The van der Waals surface area contributed by atoms with E-state index >= 15 is 0 Å². The van der Waals surface area contributed by atoms with Crippen molar-refractivity contribution in [3.05, 3.63) is 53.1 Å². The SMILES string of the molecule is COC(=O)C[C@H]1c2cc(OC)c(OC)cc2CCN1C(=O)COc1cccc(C(C)=O)c1. The van der Waals surface area contributed by atoms with Crippen molar-refractivity contribution in [3.8, 4) is 17.2 Å². The highest BCUT2D eigenvalue weighted by Gasteiger charge is 2.34. The number of carbonyl (C=O) groups is 3. The minimum absolute atomic E-state index is 0.00451. The summed E-state index contributed by atoms with van der Waals surface area (Å²) in [7, 11) is 4.42. The molecule has 0 bridgehead atoms. The predicted octanol–water partition coefficient (Wildman–Crippen LogP) is 2.97. The minimum Gasteiger partial charge on any atom is -0.493 e. The van der Waals surface area contributed by atoms with E-state index < -0.39 is 12.0 Å². The van der Waals surface area contributed by atoms with Crippen LogP contribution in [0.1, 0.15) is 40.9 Å². The molecule has 1 aliphatic rings. The summed E-state index contributed by atoms with van der Waals surface area (Å²) in [5, 5.41) is 0. The van der Waals surface area contributed by atoms with E-state index in [9.17, 15) is 14.4 Å². The van der Waals surface area contributed by atoms with Gasteiger partial charge in [-0.25, -0.2) is 0 Å². The summed E-state index contributed by atoms with van der Waals surface area (Å²) in [5.41, 5.74) is 2.30. The number of ether oxygens (including phenoxy) is 4. The highest BCUT2D eigenvalue weighted by molar-refractivity contribution is 5.94. The molecule has 8 nitrogen and oxygen atoms in total. The standard InChI is InChI=1S/C24H27NO7/c1-15(26)16-6-5-7-18(10-16)32-14-23(27)25-9-8-17-11-21(29-2)22(30-3)12-19(17)20(25)13-24(28)31-4/h5-7,10-12,20H,8-9,13-14H2,1-4H3/t20-/m0/s1. The number of methoxy groups -OCH3 is 3. The fraction of sp³-hybridized carbons (Fsp3) is 0.375. The first-order valence-electron chi connectivity index (χ1n) is 10.2. The van der Waals surface area contributed by atoms with Crippen LogP contribution in [0.5, 0.6) is 17.2 Å². The maximum Gasteiger partial charge on any atom is 0.307 e. The third-order valence-corrected chi connectivity index (χ3v) is 5.51. The molecular weight excluding hydrogens is 414 g/mol. The van der Waals surface area contributed by atoms with Crippen LogP contribution in [0, 0.1) is 0 Å². The lowest BCUT2D eigenvalue weighted by Gasteiger charge is -2.37. The molecule has 0 aliphatic carbocycles. The van der Waals surface area contributed by atoms with Crippen molar-refractivity contribution < 1.29 is 33.3 Å². The van der Waals surface area contributed by atoms with Crippen LogP contribution >= 0.6 is 0 Å². The third-order valence-electron chi connectivity index (χ3n) is 5.51. The summed E-state index contributed by atoms with van der Waals surface area (Å²) in [5.74, 6) is 0.763. The maximum absolute atomic E-state index is 13.1. The number of amides is 1. The van der Waals surface area contributed by atoms with E-state index in [1.165, 1.54) is 21.1 Å². The van der Waals surface area contributed by atoms with E-state index in [-0.39, 0.29) is 24.7 Å². The van der Waals surface area contributed by atoms with Crippen molar-refractivity contribution in [1.29, 1.82) is 0 Å². The van der Waals surface area contributed by atoms with Gasteiger partial charge in [0.05, 0.1) is 33.8 Å². The lowest BCUT2D eigenvalue weighted by molar-refractivity contribution is -0.144. The van der Waals surface area contributed by atoms with E-state index in [0.717, 1.165) is 11.1 Å². The van der Waals surface area contributed by atoms with Crippen molar-refractivity contribution in [2.75, 3.05) is 34.5 Å². The maximum atomic E-state index is 13.1. The Hall–Kier alpha value is -3.55. The summed E-state index contributed by atoms with van der Waals surface area (Å²) in [6, 6.07) is 9.84. The second-order valence-electron chi connectivity index (χ2n) is 7.41. The molecule has 2 aromatic carbocycles. The second kappa shape index (κ2) is 10.2. The highest BCUT2D eigenvalue weighted by Crippen LogP contribution is 2.39. The molecule has 1 amide bonds. The zero-order valence-electron chi connectivity index (χ0n) is 18.7. The average Bonchev–Trinajstić information content (AvgIpc) is 2.81. The van der Waals surface area contributed by atoms with Gasteiger partial charge in [0, 0.05) is 12.1 Å². The summed E-state index contributed by atoms with van der Waals surface area (Å²) in [6.07, 6.45) is 0.601. The van der Waals surface area contributed by atoms with Gasteiger partial charge in [-0.3, -0.25) is 14.4 Å². The normalized spacial score (nSPS) is 14.9. The molecular formula is C24H27NO7. The van der Waals surface area contributed by atoms with Crippen LogP contribution in [0.4, 0.5) is 0 Å². The molecule has 32 heavy (non-hydrogen) atoms. The molecule has 0 N–H and O–H groups in total. The minimum atomic E-state index is -0.523. The number of fused-ring (bicyclic) bond motifs is 1. The molecule has 0 spiro atoms. The van der Waals surface area contributed by atoms with Gasteiger partial charge >= 0.3 is 5.97 Å². The second-order valence-corrected chi connectivity index (χ2v) is 7.41. The van der Waals surface area contributed by atoms with Gasteiger partial charge in [0.1, 0.15) is 5.75 Å². The Balaban J connectivity index is 1.84. The molecule has 0 radical (unpaired) electrons. The molecule has 1 atom stereocenters. The van der Waals surface area contributed by atoms with Crippen LogP contribution < -0.4 is 14.2 Å². The summed E-state index contributed by atoms with van der Waals surface area (Å²) in [6.45, 7) is 1.66. The quantitative estimate of drug-likeness (QED) is 0.459. The fourth-order valence-corrected chi connectivity index (χ4v) is 3.82. The number of ketones is 1. The number of hydrogen-bond acceptors (Lipinski definition) is 7. The number of benzene rings is 2. The Kier molecular flexibility index (Phi) is 7.35. The van der Waals surface area contributed by atoms with Gasteiger partial charge < -0.3 is 23.8 Å². The van der Waals surface area contributed by atoms with E-state index in [2.05, 4.69) is 0 Å². The van der Waals surface area contributed by atoms with Gasteiger partial charge in [-0.15, -0.1) is 0 Å². The predicted molar refractivity (Wildman–Crippen MR) is 116 cm³/mol. The van der Waals surface area contributed by atoms with Gasteiger partial charge in [0.25, 0.3) is 5.91 Å². The van der Waals surface area contributed by atoms with Crippen LogP contribution in [0.25, 0.3) is 0 Å². The van der Waals surface area contributed by atoms with Crippen LogP contribution in [0.3, 0.4) is 0 Å². The molecule has 3 rings (SSSR count). The van der Waals surface area contributed by atoms with E-state index in [1.807, 2.05) is 6.07 Å². The molecule has 1 aliphatic heterocycles. The van der Waals surface area contributed by atoms with Gasteiger partial charge in [0.2, 0.25) is 0 Å². The number of Topliss-reactive ketones (excluding diaryl/α,β-unsaturated/α-hetero) is 1. The molecule has 1 heterocycles. The Morgan fingerprint density at radius 2 is 1.75 bits per heavy atom.